The molecule has 4 aromatic heterocycles. The van der Waals surface area contributed by atoms with Crippen molar-refractivity contribution in [3.8, 4) is 27.3 Å². The zero-order chi connectivity index (χ0) is 30.7. The number of hydrogen-bond acceptors (Lipinski definition) is 7. The lowest BCUT2D eigenvalue weighted by molar-refractivity contribution is 0.235. The molecule has 2 unspecified atom stereocenters. The zero-order valence-electron chi connectivity index (χ0n) is 26.8. The summed E-state index contributed by atoms with van der Waals surface area (Å²) in [6.07, 6.45) is 9.58. The summed E-state index contributed by atoms with van der Waals surface area (Å²) >= 11 is 7.19. The quantitative estimate of drug-likeness (QED) is 0.113. The predicted octanol–water partition coefficient (Wildman–Crippen LogP) is 13.0. The van der Waals surface area contributed by atoms with Crippen LogP contribution < -0.4 is 9.47 Å². The number of hydrogen-bond donors (Lipinski definition) is 0. The van der Waals surface area contributed by atoms with E-state index in [1.165, 1.54) is 77.5 Å². The smallest absolute Gasteiger partial charge is 0.146 e. The first-order valence-corrected chi connectivity index (χ1v) is 19.3. The highest BCUT2D eigenvalue weighted by Crippen LogP contribution is 2.54. The summed E-state index contributed by atoms with van der Waals surface area (Å²) in [5.74, 6) is 3.13. The summed E-state index contributed by atoms with van der Waals surface area (Å²) in [6.45, 7) is 17.0. The average molecular weight is 652 g/mol. The summed E-state index contributed by atoms with van der Waals surface area (Å²) in [4.78, 5) is 6.07. The maximum absolute atomic E-state index is 10.1. The predicted molar refractivity (Wildman–Crippen MR) is 192 cm³/mol. The maximum atomic E-state index is 10.1. The molecule has 0 N–H and O–H groups in total. The number of fused-ring (bicyclic) bond motifs is 3. The van der Waals surface area contributed by atoms with Crippen molar-refractivity contribution >= 4 is 75.6 Å². The molecular weight excluding hydrogens is 607 g/mol. The molecule has 2 atom stereocenters. The van der Waals surface area contributed by atoms with E-state index in [4.69, 9.17) is 9.47 Å². The van der Waals surface area contributed by atoms with Gasteiger partial charge < -0.3 is 9.47 Å². The van der Waals surface area contributed by atoms with Gasteiger partial charge >= 0.3 is 0 Å². The Labute approximate surface area is 273 Å². The van der Waals surface area contributed by atoms with Gasteiger partial charge in [0, 0.05) is 35.7 Å². The fraction of sp³-hybridized carbons (Fsp3) is 0.528. The van der Waals surface area contributed by atoms with E-state index in [2.05, 4.69) is 66.7 Å². The lowest BCUT2D eigenvalue weighted by Crippen LogP contribution is -2.12. The van der Waals surface area contributed by atoms with Crippen molar-refractivity contribution < 1.29 is 9.47 Å². The van der Waals surface area contributed by atoms with Gasteiger partial charge in [-0.25, -0.2) is 0 Å². The Morgan fingerprint density at radius 2 is 1.30 bits per heavy atom. The molecule has 0 aliphatic carbocycles. The Hall–Kier alpha value is -2.11. The third-order valence-corrected chi connectivity index (χ3v) is 13.5. The fourth-order valence-electron chi connectivity index (χ4n) is 5.99. The monoisotopic (exact) mass is 651 g/mol. The van der Waals surface area contributed by atoms with E-state index >= 15 is 0 Å². The molecule has 0 radical (unpaired) electrons. The van der Waals surface area contributed by atoms with Crippen LogP contribution in [0.25, 0.3) is 40.0 Å². The third kappa shape index (κ3) is 6.50. The summed E-state index contributed by atoms with van der Waals surface area (Å²) in [5.41, 5.74) is 0.824. The zero-order valence-corrected chi connectivity index (χ0v) is 30.0. The van der Waals surface area contributed by atoms with Gasteiger partial charge in [-0.05, 0) is 57.6 Å². The first-order valence-electron chi connectivity index (χ1n) is 16.0. The van der Waals surface area contributed by atoms with Crippen molar-refractivity contribution in [1.82, 2.24) is 0 Å². The topological polar surface area (TPSA) is 42.2 Å². The molecule has 230 valence electrons. The van der Waals surface area contributed by atoms with Gasteiger partial charge in [-0.3, -0.25) is 0 Å². The second-order valence-electron chi connectivity index (χ2n) is 11.9. The Bertz CT molecular complexity index is 1670. The van der Waals surface area contributed by atoms with Gasteiger partial charge in [0.2, 0.25) is 0 Å². The van der Waals surface area contributed by atoms with Gasteiger partial charge in [0.25, 0.3) is 0 Å². The van der Waals surface area contributed by atoms with Gasteiger partial charge in [-0.1, -0.05) is 66.2 Å². The minimum atomic E-state index is 0.551. The van der Waals surface area contributed by atoms with Gasteiger partial charge in [0.1, 0.15) is 17.6 Å². The number of benzene rings is 1. The molecule has 0 amide bonds. The van der Waals surface area contributed by atoms with Gasteiger partial charge in [-0.15, -0.1) is 45.3 Å². The molecule has 4 heterocycles. The van der Waals surface area contributed by atoms with Crippen LogP contribution >= 0.6 is 45.3 Å². The SMILES string of the molecule is CCCCC(CC)COc1c2cc(-c3sc(C)c4sc(C)c(C#N)c34)sc2c(OCC(CC)CCCC)c2cc(C)sc12. The standard InChI is InChI=1S/C36H45NO2S4/c1-8-12-14-24(10-3)19-38-31-26-16-21(5)40-34(26)32(39-20-25(11-4)15-13-9-2)27-17-29(43-35(27)31)36-30-28(18-37)22(6)41-33(30)23(7)42-36/h16-17,24-25H,8-15,19-20H2,1-7H3. The van der Waals surface area contributed by atoms with Gasteiger partial charge in [0.15, 0.2) is 0 Å². The molecular formula is C36H45NO2S4. The molecule has 43 heavy (non-hydrogen) atoms. The van der Waals surface area contributed by atoms with Crippen LogP contribution in [-0.2, 0) is 0 Å². The van der Waals surface area contributed by atoms with E-state index in [-0.39, 0.29) is 0 Å². The Morgan fingerprint density at radius 3 is 1.86 bits per heavy atom. The molecule has 0 bridgehead atoms. The van der Waals surface area contributed by atoms with E-state index in [1.807, 2.05) is 34.0 Å². The molecule has 3 nitrogen and oxygen atoms in total. The van der Waals surface area contributed by atoms with E-state index in [0.717, 1.165) is 58.8 Å². The first-order chi connectivity index (χ1) is 20.8. The van der Waals surface area contributed by atoms with Gasteiger partial charge in [0.05, 0.1) is 37.8 Å². The van der Waals surface area contributed by atoms with Crippen LogP contribution in [0.15, 0.2) is 12.1 Å². The molecule has 5 aromatic rings. The molecule has 0 spiro atoms. The maximum Gasteiger partial charge on any atom is 0.146 e. The fourth-order valence-corrected chi connectivity index (χ4v) is 10.7. The molecule has 0 saturated heterocycles. The highest BCUT2D eigenvalue weighted by molar-refractivity contribution is 7.30. The number of unbranched alkanes of at least 4 members (excludes halogenated alkanes) is 2. The lowest BCUT2D eigenvalue weighted by Gasteiger charge is -2.19. The van der Waals surface area contributed by atoms with Crippen LogP contribution in [0, 0.1) is 43.9 Å². The largest absolute Gasteiger partial charge is 0.491 e. The summed E-state index contributed by atoms with van der Waals surface area (Å²) in [5, 5.41) is 13.5. The molecule has 1 aromatic carbocycles. The molecule has 0 fully saturated rings. The molecule has 7 heteroatoms. The van der Waals surface area contributed by atoms with E-state index in [1.54, 1.807) is 11.3 Å². The number of rotatable bonds is 15. The summed E-state index contributed by atoms with van der Waals surface area (Å²) in [6, 6.07) is 7.14. The second kappa shape index (κ2) is 14.3. The highest BCUT2D eigenvalue weighted by Gasteiger charge is 2.26. The Balaban J connectivity index is 1.68. The first kappa shape index (κ1) is 32.3. The van der Waals surface area contributed by atoms with Crippen LogP contribution in [0.2, 0.25) is 0 Å². The molecule has 0 aliphatic rings. The van der Waals surface area contributed by atoms with Crippen LogP contribution in [0.5, 0.6) is 11.5 Å². The number of aryl methyl sites for hydroxylation is 3. The number of ether oxygens (including phenoxy) is 2. The molecule has 5 rings (SSSR count). The third-order valence-electron chi connectivity index (χ3n) is 8.72. The minimum absolute atomic E-state index is 0.551. The van der Waals surface area contributed by atoms with Crippen molar-refractivity contribution in [1.29, 1.82) is 5.26 Å². The van der Waals surface area contributed by atoms with Crippen molar-refractivity contribution in [2.45, 2.75) is 99.8 Å². The summed E-state index contributed by atoms with van der Waals surface area (Å²) in [7, 11) is 0. The lowest BCUT2D eigenvalue weighted by atomic mass is 10.0. The van der Waals surface area contributed by atoms with E-state index < -0.39 is 0 Å². The number of thiophene rings is 4. The second-order valence-corrected chi connectivity index (χ2v) is 16.7. The van der Waals surface area contributed by atoms with E-state index in [0.29, 0.717) is 11.8 Å². The molecule has 0 aliphatic heterocycles. The minimum Gasteiger partial charge on any atom is -0.491 e. The summed E-state index contributed by atoms with van der Waals surface area (Å²) < 4.78 is 17.3. The van der Waals surface area contributed by atoms with Crippen molar-refractivity contribution in [3.05, 3.63) is 32.3 Å². The van der Waals surface area contributed by atoms with Gasteiger partial charge in [-0.2, -0.15) is 5.26 Å². The van der Waals surface area contributed by atoms with Crippen LogP contribution in [0.3, 0.4) is 0 Å². The van der Waals surface area contributed by atoms with E-state index in [9.17, 15) is 5.26 Å². The van der Waals surface area contributed by atoms with Crippen molar-refractivity contribution in [2.75, 3.05) is 13.2 Å². The Morgan fingerprint density at radius 1 is 0.721 bits per heavy atom. The Kier molecular flexibility index (Phi) is 10.8. The van der Waals surface area contributed by atoms with Crippen molar-refractivity contribution in [3.63, 3.8) is 0 Å². The van der Waals surface area contributed by atoms with Crippen LogP contribution in [-0.4, -0.2) is 13.2 Å². The van der Waals surface area contributed by atoms with Crippen molar-refractivity contribution in [2.24, 2.45) is 11.8 Å². The van der Waals surface area contributed by atoms with Crippen LogP contribution in [0.1, 0.15) is 99.3 Å². The van der Waals surface area contributed by atoms with Crippen LogP contribution in [0.4, 0.5) is 0 Å². The number of nitrogens with zero attached hydrogens (tertiary/aromatic N) is 1. The number of nitriles is 1. The normalized spacial score (nSPS) is 13.3. The highest BCUT2D eigenvalue weighted by atomic mass is 32.1. The average Bonchev–Trinajstić information content (AvgIpc) is 3.76. The molecule has 0 saturated carbocycles.